The average molecular weight is 255 g/mol. The maximum absolute atomic E-state index is 5.45. The van der Waals surface area contributed by atoms with Gasteiger partial charge in [-0.2, -0.15) is 0 Å². The molecule has 2 aromatic rings. The van der Waals surface area contributed by atoms with E-state index in [-0.39, 0.29) is 0 Å². The molecule has 19 heavy (non-hydrogen) atoms. The van der Waals surface area contributed by atoms with E-state index in [2.05, 4.69) is 46.5 Å². The van der Waals surface area contributed by atoms with E-state index in [0.29, 0.717) is 0 Å². The number of nitrogens with two attached hydrogens (primary N) is 1. The van der Waals surface area contributed by atoms with Crippen LogP contribution < -0.4 is 5.73 Å². The summed E-state index contributed by atoms with van der Waals surface area (Å²) in [6.45, 7) is 3.84. The van der Waals surface area contributed by atoms with Gasteiger partial charge in [-0.15, -0.1) is 5.92 Å². The second-order valence-electron chi connectivity index (χ2n) is 4.54. The lowest BCUT2D eigenvalue weighted by Gasteiger charge is -2.02. The van der Waals surface area contributed by atoms with Crippen LogP contribution in [0.15, 0.2) is 24.3 Å². The molecule has 0 aliphatic heterocycles. The fraction of sp³-hybridized carbons (Fsp3) is 0.438. The van der Waals surface area contributed by atoms with Crippen LogP contribution in [-0.2, 0) is 13.0 Å². The molecule has 0 fully saturated rings. The molecule has 0 unspecified atom stereocenters. The van der Waals surface area contributed by atoms with Crippen molar-refractivity contribution >= 4 is 11.0 Å². The molecule has 0 aliphatic carbocycles. The molecule has 1 heterocycles. The highest BCUT2D eigenvalue weighted by Gasteiger charge is 2.06. The van der Waals surface area contributed by atoms with Gasteiger partial charge in [-0.05, 0) is 38.4 Å². The summed E-state index contributed by atoms with van der Waals surface area (Å²) >= 11 is 0. The largest absolute Gasteiger partial charge is 0.330 e. The van der Waals surface area contributed by atoms with Crippen LogP contribution in [0.25, 0.3) is 11.0 Å². The Morgan fingerprint density at radius 1 is 1.21 bits per heavy atom. The van der Waals surface area contributed by atoms with Crippen molar-refractivity contribution in [3.8, 4) is 11.8 Å². The number of rotatable bonds is 5. The molecule has 0 atom stereocenters. The van der Waals surface area contributed by atoms with Gasteiger partial charge in [-0.25, -0.2) is 4.98 Å². The van der Waals surface area contributed by atoms with Crippen LogP contribution in [0.2, 0.25) is 0 Å². The number of nitrogens with zero attached hydrogens (tertiary/aromatic N) is 2. The van der Waals surface area contributed by atoms with Crippen LogP contribution in [0.3, 0.4) is 0 Å². The van der Waals surface area contributed by atoms with Crippen molar-refractivity contribution in [1.29, 1.82) is 0 Å². The Bertz CT molecular complexity index is 587. The first-order valence-electron chi connectivity index (χ1n) is 6.96. The van der Waals surface area contributed by atoms with E-state index >= 15 is 0 Å². The number of unbranched alkanes of at least 4 members (excludes halogenated alkanes) is 2. The molecule has 2 rings (SSSR count). The first-order chi connectivity index (χ1) is 9.36. The van der Waals surface area contributed by atoms with Crippen LogP contribution >= 0.6 is 0 Å². The first-order valence-corrected chi connectivity index (χ1v) is 6.96. The van der Waals surface area contributed by atoms with Gasteiger partial charge >= 0.3 is 0 Å². The highest BCUT2D eigenvalue weighted by molar-refractivity contribution is 5.75. The summed E-state index contributed by atoms with van der Waals surface area (Å²) in [5, 5.41) is 0. The number of fused-ring (bicyclic) bond motifs is 1. The average Bonchev–Trinajstić information content (AvgIpc) is 2.80. The van der Waals surface area contributed by atoms with Crippen molar-refractivity contribution in [3.63, 3.8) is 0 Å². The van der Waals surface area contributed by atoms with Gasteiger partial charge in [-0.3, -0.25) is 0 Å². The van der Waals surface area contributed by atoms with E-state index in [9.17, 15) is 0 Å². The standard InChI is InChI=1S/C16H21N3/c1-2-19-15-11-8-7-10-14(15)18-16(19)12-6-4-3-5-9-13-17/h7-8,10-11H,2-3,5,9,12-13,17H2,1H3. The second kappa shape index (κ2) is 6.96. The van der Waals surface area contributed by atoms with Gasteiger partial charge in [-0.1, -0.05) is 18.1 Å². The van der Waals surface area contributed by atoms with E-state index < -0.39 is 0 Å². The molecule has 0 bridgehead atoms. The Kier molecular flexibility index (Phi) is 5.00. The van der Waals surface area contributed by atoms with Crippen molar-refractivity contribution in [2.75, 3.05) is 6.54 Å². The topological polar surface area (TPSA) is 43.8 Å². The highest BCUT2D eigenvalue weighted by atomic mass is 15.1. The molecule has 0 radical (unpaired) electrons. The predicted octanol–water partition coefficient (Wildman–Crippen LogP) is 2.73. The zero-order chi connectivity index (χ0) is 13.5. The fourth-order valence-corrected chi connectivity index (χ4v) is 2.20. The molecule has 0 spiro atoms. The van der Waals surface area contributed by atoms with E-state index in [1.165, 1.54) is 5.52 Å². The molecular formula is C16H21N3. The second-order valence-corrected chi connectivity index (χ2v) is 4.54. The minimum Gasteiger partial charge on any atom is -0.330 e. The van der Waals surface area contributed by atoms with Crippen molar-refractivity contribution in [1.82, 2.24) is 9.55 Å². The van der Waals surface area contributed by atoms with Crippen LogP contribution in [0, 0.1) is 11.8 Å². The highest BCUT2D eigenvalue weighted by Crippen LogP contribution is 2.15. The number of aromatic nitrogens is 2. The van der Waals surface area contributed by atoms with Crippen molar-refractivity contribution in [2.45, 2.75) is 39.2 Å². The summed E-state index contributed by atoms with van der Waals surface area (Å²) in [4.78, 5) is 4.66. The third-order valence-electron chi connectivity index (χ3n) is 3.18. The molecule has 1 aromatic carbocycles. The molecule has 0 saturated carbocycles. The number of hydrogen-bond donors (Lipinski definition) is 1. The number of benzene rings is 1. The normalized spacial score (nSPS) is 10.4. The molecule has 3 heteroatoms. The fourth-order valence-electron chi connectivity index (χ4n) is 2.20. The van der Waals surface area contributed by atoms with Gasteiger partial charge in [0.05, 0.1) is 17.5 Å². The molecule has 0 amide bonds. The van der Waals surface area contributed by atoms with Gasteiger partial charge in [0.1, 0.15) is 5.82 Å². The SMILES string of the molecule is CCn1c(CC#CCCCCN)nc2ccccc21. The maximum atomic E-state index is 5.45. The lowest BCUT2D eigenvalue weighted by Crippen LogP contribution is -2.00. The van der Waals surface area contributed by atoms with Crippen molar-refractivity contribution in [2.24, 2.45) is 5.73 Å². The minimum atomic E-state index is 0.727. The third kappa shape index (κ3) is 3.36. The summed E-state index contributed by atoms with van der Waals surface area (Å²) in [5.74, 6) is 7.49. The van der Waals surface area contributed by atoms with E-state index in [4.69, 9.17) is 5.73 Å². The monoisotopic (exact) mass is 255 g/mol. The van der Waals surface area contributed by atoms with Gasteiger partial charge in [0.2, 0.25) is 0 Å². The summed E-state index contributed by atoms with van der Waals surface area (Å²) in [6, 6.07) is 8.25. The van der Waals surface area contributed by atoms with Crippen LogP contribution in [0.1, 0.15) is 32.0 Å². The molecule has 3 nitrogen and oxygen atoms in total. The number of aryl methyl sites for hydroxylation is 1. The number of hydrogen-bond acceptors (Lipinski definition) is 2. The third-order valence-corrected chi connectivity index (χ3v) is 3.18. The van der Waals surface area contributed by atoms with E-state index in [1.54, 1.807) is 0 Å². The summed E-state index contributed by atoms with van der Waals surface area (Å²) in [5.41, 5.74) is 7.71. The molecule has 2 N–H and O–H groups in total. The Balaban J connectivity index is 2.07. The smallest absolute Gasteiger partial charge is 0.121 e. The van der Waals surface area contributed by atoms with Crippen LogP contribution in [-0.4, -0.2) is 16.1 Å². The molecular weight excluding hydrogens is 234 g/mol. The molecule has 100 valence electrons. The Morgan fingerprint density at radius 2 is 2.05 bits per heavy atom. The lowest BCUT2D eigenvalue weighted by atomic mass is 10.2. The summed E-state index contributed by atoms with van der Waals surface area (Å²) < 4.78 is 2.24. The van der Waals surface area contributed by atoms with E-state index in [1.807, 2.05) is 6.07 Å². The number of imidazole rings is 1. The van der Waals surface area contributed by atoms with Gasteiger partial charge in [0.25, 0.3) is 0 Å². The first kappa shape index (κ1) is 13.6. The number of para-hydroxylation sites is 2. The predicted molar refractivity (Wildman–Crippen MR) is 79.8 cm³/mol. The summed E-state index contributed by atoms with van der Waals surface area (Å²) in [7, 11) is 0. The maximum Gasteiger partial charge on any atom is 0.121 e. The van der Waals surface area contributed by atoms with Crippen LogP contribution in [0.4, 0.5) is 0 Å². The van der Waals surface area contributed by atoms with Gasteiger partial charge in [0.15, 0.2) is 0 Å². The van der Waals surface area contributed by atoms with Crippen LogP contribution in [0.5, 0.6) is 0 Å². The van der Waals surface area contributed by atoms with Crippen molar-refractivity contribution < 1.29 is 0 Å². The Hall–Kier alpha value is -1.79. The molecule has 0 aliphatic rings. The minimum absolute atomic E-state index is 0.727. The zero-order valence-corrected chi connectivity index (χ0v) is 11.5. The molecule has 0 saturated heterocycles. The van der Waals surface area contributed by atoms with Crippen molar-refractivity contribution in [3.05, 3.63) is 30.1 Å². The zero-order valence-electron chi connectivity index (χ0n) is 11.5. The van der Waals surface area contributed by atoms with Gasteiger partial charge < -0.3 is 10.3 Å². The van der Waals surface area contributed by atoms with E-state index in [0.717, 1.165) is 50.1 Å². The summed E-state index contributed by atoms with van der Waals surface area (Å²) in [6.07, 6.45) is 3.81. The molecule has 1 aromatic heterocycles. The Morgan fingerprint density at radius 3 is 2.84 bits per heavy atom. The van der Waals surface area contributed by atoms with Gasteiger partial charge in [0, 0.05) is 13.0 Å². The Labute approximate surface area is 114 Å². The lowest BCUT2D eigenvalue weighted by molar-refractivity contribution is 0.740. The quantitative estimate of drug-likeness (QED) is 0.659.